The van der Waals surface area contributed by atoms with Gasteiger partial charge < -0.3 is 14.6 Å². The van der Waals surface area contributed by atoms with Crippen molar-refractivity contribution >= 4 is 6.08 Å². The quantitative estimate of drug-likeness (QED) is 0.386. The smallest absolute Gasteiger partial charge is 0.169 e. The fraction of sp³-hybridized carbons (Fsp3) is 0.667. The minimum Gasteiger partial charge on any atom is -0.390 e. The summed E-state index contributed by atoms with van der Waals surface area (Å²) in [6.45, 7) is 10.4. The maximum Gasteiger partial charge on any atom is 0.169 e. The Labute approximate surface area is 246 Å². The highest BCUT2D eigenvalue weighted by Gasteiger charge is 2.61. The Morgan fingerprint density at radius 3 is 2.37 bits per heavy atom. The van der Waals surface area contributed by atoms with E-state index >= 15 is 0 Å². The van der Waals surface area contributed by atoms with E-state index in [0.29, 0.717) is 30.1 Å². The molecular formula is C36H46N2O3. The van der Waals surface area contributed by atoms with Gasteiger partial charge in [-0.05, 0) is 80.8 Å². The summed E-state index contributed by atoms with van der Waals surface area (Å²) in [5.41, 5.74) is 5.12. The van der Waals surface area contributed by atoms with E-state index < -0.39 is 17.3 Å². The van der Waals surface area contributed by atoms with Crippen molar-refractivity contribution in [2.45, 2.75) is 103 Å². The highest BCUT2D eigenvalue weighted by atomic mass is 16.7. The number of nitrogens with zero attached hydrogens (tertiary/aromatic N) is 2. The number of rotatable bonds is 4. The predicted molar refractivity (Wildman–Crippen MR) is 159 cm³/mol. The van der Waals surface area contributed by atoms with Crippen LogP contribution in [0, 0.1) is 57.2 Å². The van der Waals surface area contributed by atoms with Crippen LogP contribution in [-0.4, -0.2) is 29.7 Å². The van der Waals surface area contributed by atoms with E-state index in [1.807, 2.05) is 24.3 Å². The summed E-state index contributed by atoms with van der Waals surface area (Å²) in [5, 5.41) is 29.8. The number of hydrogen-bond donors (Lipinski definition) is 1. The van der Waals surface area contributed by atoms with Gasteiger partial charge in [0.05, 0.1) is 31.0 Å². The van der Waals surface area contributed by atoms with Crippen LogP contribution in [0.5, 0.6) is 0 Å². The summed E-state index contributed by atoms with van der Waals surface area (Å²) in [5.74, 6) is 0.873. The molecule has 0 radical (unpaired) electrons. The Kier molecular flexibility index (Phi) is 7.26. The number of allylic oxidation sites excluding steroid dienone is 3. The normalized spacial score (nSPS) is 37.4. The SMILES string of the molecule is CC1(C)COC2(CCC3=C4C(CCC3C2)C2CC[C@](C)(O)C2(C)C[C@@H]4c2ccc(/C=C/CC(C#N)C#N)cc2)OC1. The van der Waals surface area contributed by atoms with Crippen molar-refractivity contribution < 1.29 is 14.6 Å². The second kappa shape index (κ2) is 10.4. The van der Waals surface area contributed by atoms with Gasteiger partial charge in [0.15, 0.2) is 5.79 Å². The van der Waals surface area contributed by atoms with Crippen molar-refractivity contribution in [3.8, 4) is 12.1 Å². The fourth-order valence-corrected chi connectivity index (χ4v) is 9.06. The zero-order chi connectivity index (χ0) is 29.0. The molecule has 4 fully saturated rings. The number of ether oxygens (including phenoxy) is 2. The Morgan fingerprint density at radius 2 is 1.68 bits per heavy atom. The third-order valence-electron chi connectivity index (χ3n) is 11.7. The van der Waals surface area contributed by atoms with E-state index in [-0.39, 0.29) is 10.8 Å². The molecule has 1 aliphatic heterocycles. The van der Waals surface area contributed by atoms with Crippen molar-refractivity contribution in [3.63, 3.8) is 0 Å². The molecule has 4 aliphatic carbocycles. The van der Waals surface area contributed by atoms with Crippen LogP contribution in [-0.2, 0) is 9.47 Å². The minimum atomic E-state index is -0.642. The highest BCUT2D eigenvalue weighted by Crippen LogP contribution is 2.67. The van der Waals surface area contributed by atoms with Gasteiger partial charge in [-0.1, -0.05) is 68.3 Å². The molecule has 41 heavy (non-hydrogen) atoms. The molecule has 0 amide bonds. The molecule has 4 unspecified atom stereocenters. The van der Waals surface area contributed by atoms with E-state index in [1.165, 1.54) is 18.4 Å². The van der Waals surface area contributed by atoms with Crippen molar-refractivity contribution in [3.05, 3.63) is 52.6 Å². The van der Waals surface area contributed by atoms with Crippen LogP contribution in [0.4, 0.5) is 0 Å². The summed E-state index contributed by atoms with van der Waals surface area (Å²) < 4.78 is 13.0. The highest BCUT2D eigenvalue weighted by molar-refractivity contribution is 5.51. The van der Waals surface area contributed by atoms with Crippen LogP contribution in [0.1, 0.15) is 103 Å². The van der Waals surface area contributed by atoms with Gasteiger partial charge in [0, 0.05) is 29.6 Å². The molecule has 1 heterocycles. The van der Waals surface area contributed by atoms with Crippen LogP contribution in [0.2, 0.25) is 0 Å². The molecule has 5 aliphatic rings. The zero-order valence-electron chi connectivity index (χ0n) is 25.3. The molecule has 5 nitrogen and oxygen atoms in total. The van der Waals surface area contributed by atoms with Gasteiger partial charge in [-0.15, -0.1) is 0 Å². The first-order chi connectivity index (χ1) is 19.5. The third-order valence-corrected chi connectivity index (χ3v) is 11.7. The van der Waals surface area contributed by atoms with Gasteiger partial charge in [0.1, 0.15) is 5.92 Å². The predicted octanol–water partition coefficient (Wildman–Crippen LogP) is 7.68. The monoisotopic (exact) mass is 554 g/mol. The lowest BCUT2D eigenvalue weighted by atomic mass is 9.50. The van der Waals surface area contributed by atoms with Crippen LogP contribution >= 0.6 is 0 Å². The number of nitriles is 2. The van der Waals surface area contributed by atoms with Crippen LogP contribution in [0.3, 0.4) is 0 Å². The first-order valence-corrected chi connectivity index (χ1v) is 15.8. The maximum absolute atomic E-state index is 11.7. The summed E-state index contributed by atoms with van der Waals surface area (Å²) in [6, 6.07) is 13.0. The number of hydrogen-bond acceptors (Lipinski definition) is 5. The molecule has 1 N–H and O–H groups in total. The Hall–Kier alpha value is -2.44. The van der Waals surface area contributed by atoms with Crippen LogP contribution in [0.15, 0.2) is 41.5 Å². The third kappa shape index (κ3) is 4.99. The number of benzene rings is 1. The largest absolute Gasteiger partial charge is 0.390 e. The zero-order valence-corrected chi connectivity index (χ0v) is 25.3. The molecule has 1 saturated heterocycles. The lowest BCUT2D eigenvalue weighted by Gasteiger charge is -2.56. The molecule has 1 spiro atoms. The van der Waals surface area contributed by atoms with Crippen LogP contribution < -0.4 is 0 Å². The van der Waals surface area contributed by atoms with Gasteiger partial charge in [-0.2, -0.15) is 10.5 Å². The van der Waals surface area contributed by atoms with Gasteiger partial charge in [0.25, 0.3) is 0 Å². The molecule has 218 valence electrons. The van der Waals surface area contributed by atoms with Crippen molar-refractivity contribution in [2.75, 3.05) is 13.2 Å². The van der Waals surface area contributed by atoms with Gasteiger partial charge in [-0.3, -0.25) is 0 Å². The average Bonchev–Trinajstić information content (AvgIpc) is 3.21. The Bertz CT molecular complexity index is 1290. The molecule has 5 heteroatoms. The summed E-state index contributed by atoms with van der Waals surface area (Å²) in [4.78, 5) is 0. The Morgan fingerprint density at radius 1 is 0.976 bits per heavy atom. The van der Waals surface area contributed by atoms with E-state index in [4.69, 9.17) is 20.0 Å². The van der Waals surface area contributed by atoms with E-state index in [2.05, 4.69) is 52.0 Å². The summed E-state index contributed by atoms with van der Waals surface area (Å²) >= 11 is 0. The van der Waals surface area contributed by atoms with Crippen molar-refractivity contribution in [2.24, 2.45) is 34.5 Å². The molecule has 0 bridgehead atoms. The van der Waals surface area contributed by atoms with E-state index in [0.717, 1.165) is 57.3 Å². The van der Waals surface area contributed by atoms with Crippen molar-refractivity contribution in [1.29, 1.82) is 10.5 Å². The average molecular weight is 555 g/mol. The minimum absolute atomic E-state index is 0.0779. The second-order valence-corrected chi connectivity index (χ2v) is 14.9. The second-order valence-electron chi connectivity index (χ2n) is 14.9. The topological polar surface area (TPSA) is 86.3 Å². The number of fused-ring (bicyclic) bond motifs is 4. The molecule has 1 aromatic carbocycles. The molecule has 6 atom stereocenters. The van der Waals surface area contributed by atoms with Gasteiger partial charge in [0.2, 0.25) is 0 Å². The molecule has 3 saturated carbocycles. The van der Waals surface area contributed by atoms with Crippen molar-refractivity contribution in [1.82, 2.24) is 0 Å². The molecule has 6 rings (SSSR count). The molecular weight excluding hydrogens is 508 g/mol. The van der Waals surface area contributed by atoms with E-state index in [1.54, 1.807) is 11.1 Å². The first-order valence-electron chi connectivity index (χ1n) is 15.8. The van der Waals surface area contributed by atoms with Gasteiger partial charge >= 0.3 is 0 Å². The first kappa shape index (κ1) is 28.7. The molecule has 1 aromatic rings. The standard InChI is InChI=1S/C36H46N2O3/c1-33(2)22-40-36(41-23-33)17-14-28-27(18-36)12-13-29-31-15-16-35(4,39)34(31,3)19-30(32(28)29)26-10-8-24(9-11-26)6-5-7-25(20-37)21-38/h5-6,8-11,25,27,29-31,39H,7,12-19,22-23H2,1-4H3/b6-5+/t27?,29?,30-,31?,34?,35+/m1/s1. The summed E-state index contributed by atoms with van der Waals surface area (Å²) in [6.07, 6.45) is 12.7. The fourth-order valence-electron chi connectivity index (χ4n) is 9.06. The maximum atomic E-state index is 11.7. The summed E-state index contributed by atoms with van der Waals surface area (Å²) in [7, 11) is 0. The Balaban J connectivity index is 1.32. The molecule has 0 aromatic heterocycles. The van der Waals surface area contributed by atoms with Crippen LogP contribution in [0.25, 0.3) is 6.08 Å². The lowest BCUT2D eigenvalue weighted by Crippen LogP contribution is -2.53. The lowest BCUT2D eigenvalue weighted by molar-refractivity contribution is -0.312. The number of aliphatic hydroxyl groups is 1. The van der Waals surface area contributed by atoms with E-state index in [9.17, 15) is 5.11 Å². The van der Waals surface area contributed by atoms with Gasteiger partial charge in [-0.25, -0.2) is 0 Å².